The van der Waals surface area contributed by atoms with Gasteiger partial charge in [0.25, 0.3) is 5.56 Å². The number of nitrogens with two attached hydrogens (primary N) is 1. The monoisotopic (exact) mass is 427 g/mol. The van der Waals surface area contributed by atoms with E-state index in [-0.39, 0.29) is 23.2 Å². The second-order valence-electron chi connectivity index (χ2n) is 8.05. The lowest BCUT2D eigenvalue weighted by molar-refractivity contribution is 0.102. The average molecular weight is 428 g/mol. The fourth-order valence-electron chi connectivity index (χ4n) is 3.50. The summed E-state index contributed by atoms with van der Waals surface area (Å²) in [6.45, 7) is 5.13. The Labute approximate surface area is 177 Å². The Morgan fingerprint density at radius 1 is 1.30 bits per heavy atom. The number of H-pyrrole nitrogens is 1. The highest BCUT2D eigenvalue weighted by Gasteiger charge is 2.30. The van der Waals surface area contributed by atoms with Crippen molar-refractivity contribution in [3.63, 3.8) is 0 Å². The summed E-state index contributed by atoms with van der Waals surface area (Å²) in [5.41, 5.74) is 6.53. The number of ketones is 1. The number of carbonyl (C=O) groups is 1. The molecule has 9 heteroatoms. The van der Waals surface area contributed by atoms with E-state index < -0.39 is 17.0 Å². The first-order valence-corrected chi connectivity index (χ1v) is 11.1. The number of Topliss-reactive ketones (excluding diaryl/α,β-unsaturated/α-hetero) is 1. The molecule has 3 aromatic rings. The zero-order valence-corrected chi connectivity index (χ0v) is 17.9. The fourth-order valence-corrected chi connectivity index (χ4v) is 4.41. The van der Waals surface area contributed by atoms with Gasteiger partial charge in [0, 0.05) is 12.6 Å². The number of para-hydroxylation sites is 2. The van der Waals surface area contributed by atoms with Crippen molar-refractivity contribution in [2.75, 3.05) is 11.5 Å². The molecule has 0 atom stereocenters. The number of hydrogen-bond acceptors (Lipinski definition) is 6. The Hall–Kier alpha value is -2.81. The van der Waals surface area contributed by atoms with Gasteiger partial charge in [0.15, 0.2) is 10.9 Å². The zero-order valence-electron chi connectivity index (χ0n) is 17.1. The van der Waals surface area contributed by atoms with E-state index in [1.165, 1.54) is 16.3 Å². The van der Waals surface area contributed by atoms with Crippen LogP contribution in [0.3, 0.4) is 0 Å². The second-order valence-corrected chi connectivity index (χ2v) is 8.99. The molecule has 0 aliphatic heterocycles. The highest BCUT2D eigenvalue weighted by Crippen LogP contribution is 2.35. The van der Waals surface area contributed by atoms with Gasteiger partial charge in [-0.3, -0.25) is 19.1 Å². The highest BCUT2D eigenvalue weighted by molar-refractivity contribution is 7.99. The van der Waals surface area contributed by atoms with Gasteiger partial charge in [-0.15, -0.1) is 0 Å². The number of anilines is 1. The smallest absolute Gasteiger partial charge is 0.330 e. The number of aromatic nitrogens is 4. The van der Waals surface area contributed by atoms with E-state index in [2.05, 4.69) is 28.4 Å². The van der Waals surface area contributed by atoms with Crippen molar-refractivity contribution in [3.05, 3.63) is 50.7 Å². The maximum absolute atomic E-state index is 12.9. The maximum Gasteiger partial charge on any atom is 0.330 e. The van der Waals surface area contributed by atoms with Crippen molar-refractivity contribution >= 4 is 34.4 Å². The van der Waals surface area contributed by atoms with Crippen LogP contribution in [0, 0.1) is 5.92 Å². The third kappa shape index (κ3) is 3.94. The molecule has 3 N–H and O–H groups in total. The first kappa shape index (κ1) is 20.5. The predicted molar refractivity (Wildman–Crippen MR) is 118 cm³/mol. The third-order valence-corrected chi connectivity index (χ3v) is 6.23. The van der Waals surface area contributed by atoms with E-state index in [1.54, 1.807) is 0 Å². The number of fused-ring (bicyclic) bond motifs is 1. The van der Waals surface area contributed by atoms with Crippen molar-refractivity contribution in [1.29, 1.82) is 0 Å². The molecule has 1 fully saturated rings. The molecule has 2 aromatic heterocycles. The van der Waals surface area contributed by atoms with E-state index in [9.17, 15) is 14.4 Å². The van der Waals surface area contributed by atoms with Crippen molar-refractivity contribution < 1.29 is 4.79 Å². The minimum absolute atomic E-state index is 0.0150. The van der Waals surface area contributed by atoms with Crippen LogP contribution in [-0.4, -0.2) is 30.6 Å². The van der Waals surface area contributed by atoms with Crippen LogP contribution in [0.2, 0.25) is 0 Å². The summed E-state index contributed by atoms with van der Waals surface area (Å²) in [6, 6.07) is 7.83. The molecular formula is C21H25N5O3S. The minimum Gasteiger partial charge on any atom is -0.384 e. The zero-order chi connectivity index (χ0) is 21.4. The van der Waals surface area contributed by atoms with Crippen LogP contribution in [0.4, 0.5) is 5.82 Å². The minimum atomic E-state index is -0.728. The quantitative estimate of drug-likeness (QED) is 0.422. The molecule has 1 aliphatic carbocycles. The standard InChI is InChI=1S/C21H25N5O3S/c1-12(2)9-10-25-15-6-4-3-5-14(15)23-21(25)30-11-16(27)17-18(22)26(13-7-8-13)20(29)24-19(17)28/h3-6,12-13H,7-11,22H2,1-2H3,(H,24,28,29). The van der Waals surface area contributed by atoms with Gasteiger partial charge in [-0.1, -0.05) is 37.7 Å². The van der Waals surface area contributed by atoms with E-state index in [0.29, 0.717) is 5.92 Å². The van der Waals surface area contributed by atoms with Crippen molar-refractivity contribution in [2.45, 2.75) is 50.9 Å². The van der Waals surface area contributed by atoms with Gasteiger partial charge in [0.2, 0.25) is 0 Å². The third-order valence-electron chi connectivity index (χ3n) is 5.25. The van der Waals surface area contributed by atoms with Gasteiger partial charge in [-0.05, 0) is 37.3 Å². The van der Waals surface area contributed by atoms with Gasteiger partial charge >= 0.3 is 5.69 Å². The van der Waals surface area contributed by atoms with E-state index in [4.69, 9.17) is 5.73 Å². The normalized spacial score (nSPS) is 14.0. The maximum atomic E-state index is 12.9. The molecule has 0 radical (unpaired) electrons. The second kappa shape index (κ2) is 8.14. The lowest BCUT2D eigenvalue weighted by atomic mass is 10.1. The first-order chi connectivity index (χ1) is 14.4. The number of hydrogen-bond donors (Lipinski definition) is 2. The van der Waals surface area contributed by atoms with Gasteiger partial charge < -0.3 is 10.3 Å². The van der Waals surface area contributed by atoms with Crippen LogP contribution in [0.25, 0.3) is 11.0 Å². The average Bonchev–Trinajstić information content (AvgIpc) is 3.44. The molecule has 2 heterocycles. The van der Waals surface area contributed by atoms with Crippen LogP contribution in [-0.2, 0) is 6.54 Å². The Balaban J connectivity index is 1.61. The van der Waals surface area contributed by atoms with Crippen LogP contribution in [0.15, 0.2) is 39.0 Å². The Kier molecular flexibility index (Phi) is 5.55. The summed E-state index contributed by atoms with van der Waals surface area (Å²) in [7, 11) is 0. The number of thioether (sulfide) groups is 1. The largest absolute Gasteiger partial charge is 0.384 e. The van der Waals surface area contributed by atoms with Gasteiger partial charge in [0.1, 0.15) is 11.4 Å². The molecule has 0 amide bonds. The van der Waals surface area contributed by atoms with Crippen molar-refractivity contribution in [2.24, 2.45) is 5.92 Å². The highest BCUT2D eigenvalue weighted by atomic mass is 32.2. The molecule has 30 heavy (non-hydrogen) atoms. The Bertz CT molecular complexity index is 1220. The van der Waals surface area contributed by atoms with Crippen LogP contribution >= 0.6 is 11.8 Å². The Morgan fingerprint density at radius 3 is 2.73 bits per heavy atom. The predicted octanol–water partition coefficient (Wildman–Crippen LogP) is 2.82. The molecule has 1 aliphatic rings. The van der Waals surface area contributed by atoms with E-state index in [0.717, 1.165) is 42.0 Å². The summed E-state index contributed by atoms with van der Waals surface area (Å²) in [5.74, 6) is 0.106. The molecule has 4 rings (SSSR count). The van der Waals surface area contributed by atoms with Gasteiger partial charge in [-0.2, -0.15) is 0 Å². The summed E-state index contributed by atoms with van der Waals surface area (Å²) >= 11 is 1.29. The van der Waals surface area contributed by atoms with Crippen molar-refractivity contribution in [3.8, 4) is 0 Å². The molecular weight excluding hydrogens is 402 g/mol. The fraction of sp³-hybridized carbons (Fsp3) is 0.429. The number of nitrogens with one attached hydrogen (secondary N) is 1. The molecule has 0 unspecified atom stereocenters. The van der Waals surface area contributed by atoms with E-state index >= 15 is 0 Å². The van der Waals surface area contributed by atoms with Crippen LogP contribution in [0.1, 0.15) is 49.5 Å². The Morgan fingerprint density at radius 2 is 2.03 bits per heavy atom. The number of rotatable bonds is 8. The van der Waals surface area contributed by atoms with E-state index in [1.807, 2.05) is 24.3 Å². The summed E-state index contributed by atoms with van der Waals surface area (Å²) < 4.78 is 3.45. The topological polar surface area (TPSA) is 116 Å². The summed E-state index contributed by atoms with van der Waals surface area (Å²) in [4.78, 5) is 44.2. The number of aryl methyl sites for hydroxylation is 1. The number of benzene rings is 1. The molecule has 8 nitrogen and oxygen atoms in total. The molecule has 1 aromatic carbocycles. The first-order valence-electron chi connectivity index (χ1n) is 10.1. The molecule has 0 bridgehead atoms. The van der Waals surface area contributed by atoms with Crippen molar-refractivity contribution in [1.82, 2.24) is 19.1 Å². The number of imidazole rings is 1. The molecule has 1 saturated carbocycles. The molecule has 158 valence electrons. The lowest BCUT2D eigenvalue weighted by Crippen LogP contribution is -2.36. The van der Waals surface area contributed by atoms with Crippen LogP contribution in [0.5, 0.6) is 0 Å². The van der Waals surface area contributed by atoms with Gasteiger partial charge in [-0.25, -0.2) is 9.78 Å². The number of nitrogen functional groups attached to an aromatic ring is 1. The molecule has 0 saturated heterocycles. The number of aromatic amines is 1. The number of nitrogens with zero attached hydrogens (tertiary/aromatic N) is 3. The summed E-state index contributed by atoms with van der Waals surface area (Å²) in [6.07, 6.45) is 2.62. The van der Waals surface area contributed by atoms with Crippen LogP contribution < -0.4 is 17.0 Å². The molecule has 0 spiro atoms. The summed E-state index contributed by atoms with van der Waals surface area (Å²) in [5, 5.41) is 0.732. The SMILES string of the molecule is CC(C)CCn1c(SCC(=O)c2c(N)n(C3CC3)c(=O)[nH]c2=O)nc2ccccc21. The van der Waals surface area contributed by atoms with Gasteiger partial charge in [0.05, 0.1) is 16.8 Å². The lowest BCUT2D eigenvalue weighted by Gasteiger charge is -2.12. The number of carbonyl (C=O) groups excluding carboxylic acids is 1.